The molecule has 6 nitrogen and oxygen atoms in total. The number of alkyl carbamates (subject to hydrolysis) is 1. The standard InChI is InChI=1S/C16H26N2O4S/c1-2-3-4-8-11-18-23(20,21)13-12-17-16(19)22-14-15-9-6-5-7-10-15/h5-7,9-10,18H,2-4,8,11-14H2,1H3,(H,17,19). The Kier molecular flexibility index (Phi) is 9.31. The van der Waals surface area contributed by atoms with Crippen molar-refractivity contribution in [1.29, 1.82) is 0 Å². The van der Waals surface area contributed by atoms with Crippen LogP contribution in [0.25, 0.3) is 0 Å². The summed E-state index contributed by atoms with van der Waals surface area (Å²) in [6, 6.07) is 9.29. The summed E-state index contributed by atoms with van der Waals surface area (Å²) in [5.41, 5.74) is 0.879. The lowest BCUT2D eigenvalue weighted by molar-refractivity contribution is 0.140. The van der Waals surface area contributed by atoms with E-state index in [2.05, 4.69) is 17.0 Å². The molecule has 0 spiro atoms. The molecule has 0 atom stereocenters. The second-order valence-corrected chi connectivity index (χ2v) is 7.19. The Bertz CT molecular complexity index is 546. The third-order valence-corrected chi connectivity index (χ3v) is 4.59. The molecule has 0 saturated heterocycles. The summed E-state index contributed by atoms with van der Waals surface area (Å²) in [5.74, 6) is -0.152. The fourth-order valence-electron chi connectivity index (χ4n) is 1.91. The molecule has 0 aliphatic rings. The van der Waals surface area contributed by atoms with Gasteiger partial charge in [-0.25, -0.2) is 17.9 Å². The molecule has 0 aromatic heterocycles. The van der Waals surface area contributed by atoms with Crippen molar-refractivity contribution < 1.29 is 17.9 Å². The summed E-state index contributed by atoms with van der Waals surface area (Å²) in [6.07, 6.45) is 3.45. The number of carbonyl (C=O) groups excluding carboxylic acids is 1. The van der Waals surface area contributed by atoms with Crippen LogP contribution in [0.15, 0.2) is 30.3 Å². The maximum absolute atomic E-state index is 11.7. The number of benzene rings is 1. The van der Waals surface area contributed by atoms with Crippen LogP contribution in [0.3, 0.4) is 0 Å². The van der Waals surface area contributed by atoms with Gasteiger partial charge in [0.25, 0.3) is 0 Å². The fraction of sp³-hybridized carbons (Fsp3) is 0.562. The lowest BCUT2D eigenvalue weighted by Crippen LogP contribution is -2.35. The molecule has 2 N–H and O–H groups in total. The average molecular weight is 342 g/mol. The molecule has 1 amide bonds. The van der Waals surface area contributed by atoms with Crippen molar-refractivity contribution in [3.63, 3.8) is 0 Å². The van der Waals surface area contributed by atoms with E-state index in [1.54, 1.807) is 0 Å². The summed E-state index contributed by atoms with van der Waals surface area (Å²) < 4.78 is 31.0. The molecule has 0 aliphatic carbocycles. The van der Waals surface area contributed by atoms with E-state index in [4.69, 9.17) is 4.74 Å². The number of unbranched alkanes of at least 4 members (excludes halogenated alkanes) is 3. The number of hydrogen-bond acceptors (Lipinski definition) is 4. The summed E-state index contributed by atoms with van der Waals surface area (Å²) in [7, 11) is -3.35. The number of nitrogens with one attached hydrogen (secondary N) is 2. The van der Waals surface area contributed by atoms with Gasteiger partial charge in [0, 0.05) is 13.1 Å². The van der Waals surface area contributed by atoms with E-state index in [1.165, 1.54) is 0 Å². The first-order valence-corrected chi connectivity index (χ1v) is 9.60. The minimum absolute atomic E-state index is 0.0257. The van der Waals surface area contributed by atoms with Crippen molar-refractivity contribution >= 4 is 16.1 Å². The second kappa shape index (κ2) is 11.0. The van der Waals surface area contributed by atoms with E-state index in [1.807, 2.05) is 30.3 Å². The number of rotatable bonds is 11. The smallest absolute Gasteiger partial charge is 0.407 e. The van der Waals surface area contributed by atoms with Gasteiger partial charge < -0.3 is 10.1 Å². The zero-order valence-electron chi connectivity index (χ0n) is 13.6. The zero-order valence-corrected chi connectivity index (χ0v) is 14.4. The van der Waals surface area contributed by atoms with Gasteiger partial charge in [-0.1, -0.05) is 56.5 Å². The molecule has 0 fully saturated rings. The van der Waals surface area contributed by atoms with E-state index < -0.39 is 16.1 Å². The summed E-state index contributed by atoms with van der Waals surface area (Å²) in [6.45, 7) is 2.74. The lowest BCUT2D eigenvalue weighted by atomic mass is 10.2. The number of hydrogen-bond donors (Lipinski definition) is 2. The van der Waals surface area contributed by atoms with Crippen LogP contribution in [-0.4, -0.2) is 33.4 Å². The normalized spacial score (nSPS) is 11.2. The monoisotopic (exact) mass is 342 g/mol. The minimum atomic E-state index is -3.35. The van der Waals surface area contributed by atoms with Gasteiger partial charge in [-0.2, -0.15) is 0 Å². The highest BCUT2D eigenvalue weighted by Crippen LogP contribution is 2.00. The minimum Gasteiger partial charge on any atom is -0.445 e. The molecule has 1 aromatic carbocycles. The molecule has 7 heteroatoms. The molecule has 0 unspecified atom stereocenters. The molecular weight excluding hydrogens is 316 g/mol. The van der Waals surface area contributed by atoms with Gasteiger partial charge in [0.05, 0.1) is 5.75 Å². The van der Waals surface area contributed by atoms with E-state index in [9.17, 15) is 13.2 Å². The molecule has 0 bridgehead atoms. The highest BCUT2D eigenvalue weighted by molar-refractivity contribution is 7.89. The molecule has 1 rings (SSSR count). The van der Waals surface area contributed by atoms with E-state index >= 15 is 0 Å². The van der Waals surface area contributed by atoms with Crippen molar-refractivity contribution in [1.82, 2.24) is 10.0 Å². The van der Waals surface area contributed by atoms with Gasteiger partial charge in [0.2, 0.25) is 10.0 Å². The maximum Gasteiger partial charge on any atom is 0.407 e. The van der Waals surface area contributed by atoms with Crippen LogP contribution in [0, 0.1) is 0 Å². The van der Waals surface area contributed by atoms with Crippen LogP contribution in [0.2, 0.25) is 0 Å². The molecule has 130 valence electrons. The molecule has 0 radical (unpaired) electrons. The Morgan fingerprint density at radius 1 is 1.09 bits per heavy atom. The Labute approximate surface area is 138 Å². The average Bonchev–Trinajstić information content (AvgIpc) is 2.53. The summed E-state index contributed by atoms with van der Waals surface area (Å²) >= 11 is 0. The van der Waals surface area contributed by atoms with E-state index in [0.717, 1.165) is 31.2 Å². The maximum atomic E-state index is 11.7. The zero-order chi connectivity index (χ0) is 17.0. The summed E-state index contributed by atoms with van der Waals surface area (Å²) in [4.78, 5) is 11.5. The van der Waals surface area contributed by atoms with Gasteiger partial charge in [-0.15, -0.1) is 0 Å². The molecule has 0 saturated carbocycles. The first-order chi connectivity index (χ1) is 11.0. The number of sulfonamides is 1. The van der Waals surface area contributed by atoms with E-state index in [0.29, 0.717) is 6.54 Å². The molecule has 0 heterocycles. The number of amides is 1. The number of ether oxygens (including phenoxy) is 1. The van der Waals surface area contributed by atoms with Gasteiger partial charge >= 0.3 is 6.09 Å². The van der Waals surface area contributed by atoms with Gasteiger partial charge in [-0.3, -0.25) is 0 Å². The largest absolute Gasteiger partial charge is 0.445 e. The van der Waals surface area contributed by atoms with Crippen LogP contribution in [-0.2, 0) is 21.4 Å². The van der Waals surface area contributed by atoms with Crippen LogP contribution < -0.4 is 10.0 Å². The van der Waals surface area contributed by atoms with E-state index in [-0.39, 0.29) is 18.9 Å². The Morgan fingerprint density at radius 3 is 2.52 bits per heavy atom. The van der Waals surface area contributed by atoms with Crippen LogP contribution in [0.4, 0.5) is 4.79 Å². The first-order valence-electron chi connectivity index (χ1n) is 7.95. The summed E-state index contributed by atoms with van der Waals surface area (Å²) in [5, 5.41) is 2.44. The van der Waals surface area contributed by atoms with Crippen molar-refractivity contribution in [2.45, 2.75) is 39.2 Å². The van der Waals surface area contributed by atoms with Crippen molar-refractivity contribution in [3.8, 4) is 0 Å². The first kappa shape index (κ1) is 19.4. The van der Waals surface area contributed by atoms with Crippen LogP contribution in [0.1, 0.15) is 38.2 Å². The predicted octanol–water partition coefficient (Wildman–Crippen LogP) is 2.41. The van der Waals surface area contributed by atoms with Crippen LogP contribution in [0.5, 0.6) is 0 Å². The topological polar surface area (TPSA) is 84.5 Å². The second-order valence-electron chi connectivity index (χ2n) is 5.26. The molecule has 0 aliphatic heterocycles. The van der Waals surface area contributed by atoms with Crippen molar-refractivity contribution in [3.05, 3.63) is 35.9 Å². The SMILES string of the molecule is CCCCCCNS(=O)(=O)CCNC(=O)OCc1ccccc1. The lowest BCUT2D eigenvalue weighted by Gasteiger charge is -2.08. The van der Waals surface area contributed by atoms with Gasteiger partial charge in [0.1, 0.15) is 6.61 Å². The van der Waals surface area contributed by atoms with Crippen LogP contribution >= 0.6 is 0 Å². The third-order valence-electron chi connectivity index (χ3n) is 3.21. The number of carbonyl (C=O) groups is 1. The Hall–Kier alpha value is -1.60. The molecular formula is C16H26N2O4S. The molecule has 1 aromatic rings. The predicted molar refractivity (Wildman–Crippen MR) is 90.6 cm³/mol. The Balaban J connectivity index is 2.13. The third kappa shape index (κ3) is 9.91. The quantitative estimate of drug-likeness (QED) is 0.605. The molecule has 23 heavy (non-hydrogen) atoms. The fourth-order valence-corrected chi connectivity index (χ4v) is 2.88. The van der Waals surface area contributed by atoms with Gasteiger partial charge in [0.15, 0.2) is 0 Å². The van der Waals surface area contributed by atoms with Gasteiger partial charge in [-0.05, 0) is 12.0 Å². The van der Waals surface area contributed by atoms with Crippen molar-refractivity contribution in [2.75, 3.05) is 18.8 Å². The Morgan fingerprint density at radius 2 is 1.83 bits per heavy atom. The highest BCUT2D eigenvalue weighted by atomic mass is 32.2. The highest BCUT2D eigenvalue weighted by Gasteiger charge is 2.10. The van der Waals surface area contributed by atoms with Crippen molar-refractivity contribution in [2.24, 2.45) is 0 Å².